The van der Waals surface area contributed by atoms with E-state index in [2.05, 4.69) is 14.7 Å². The summed E-state index contributed by atoms with van der Waals surface area (Å²) in [5, 5.41) is 5.37. The van der Waals surface area contributed by atoms with Crippen molar-refractivity contribution >= 4 is 28.8 Å². The van der Waals surface area contributed by atoms with E-state index in [0.29, 0.717) is 10.8 Å². The van der Waals surface area contributed by atoms with E-state index in [1.165, 1.54) is 0 Å². The highest BCUT2D eigenvalue weighted by molar-refractivity contribution is 7.10. The average Bonchev–Trinajstić information content (AvgIpc) is 3.00. The fraction of sp³-hybridized carbons (Fsp3) is 0.462. The normalized spacial score (nSPS) is 13.3. The molecule has 1 atom stereocenters. The quantitative estimate of drug-likeness (QED) is 0.944. The molecule has 2 aromatic heterocycles. The van der Waals surface area contributed by atoms with Crippen molar-refractivity contribution in [3.63, 3.8) is 0 Å². The Labute approximate surface area is 121 Å². The van der Waals surface area contributed by atoms with Crippen LogP contribution in [0.4, 0.5) is 0 Å². The molecular weight excluding hydrogens is 278 g/mol. The Balaban J connectivity index is 2.06. The number of carbonyl (C=O) groups excluding carboxylic acids is 1. The van der Waals surface area contributed by atoms with Gasteiger partial charge in [0.1, 0.15) is 5.82 Å². The molecule has 1 N–H and O–H groups in total. The number of nitrogens with one attached hydrogen (secondary N) is 1. The Morgan fingerprint density at radius 3 is 2.68 bits per heavy atom. The number of thiophene rings is 1. The molecule has 19 heavy (non-hydrogen) atoms. The van der Waals surface area contributed by atoms with Crippen molar-refractivity contribution in [2.75, 3.05) is 0 Å². The third-order valence-electron chi connectivity index (χ3n) is 2.61. The highest BCUT2D eigenvalue weighted by Crippen LogP contribution is 2.22. The van der Waals surface area contributed by atoms with Crippen LogP contribution in [0.25, 0.3) is 0 Å². The zero-order valence-corrected chi connectivity index (χ0v) is 13.1. The van der Waals surface area contributed by atoms with Crippen LogP contribution in [-0.2, 0) is 5.41 Å². The third kappa shape index (κ3) is 3.39. The van der Waals surface area contributed by atoms with Crippen molar-refractivity contribution in [1.29, 1.82) is 0 Å². The molecule has 4 nitrogen and oxygen atoms in total. The Morgan fingerprint density at radius 1 is 1.42 bits per heavy atom. The zero-order valence-electron chi connectivity index (χ0n) is 11.4. The van der Waals surface area contributed by atoms with Crippen molar-refractivity contribution in [2.24, 2.45) is 0 Å². The first-order valence-corrected chi connectivity index (χ1v) is 7.71. The van der Waals surface area contributed by atoms with Crippen LogP contribution in [0.1, 0.15) is 54.2 Å². The van der Waals surface area contributed by atoms with Gasteiger partial charge in [0.2, 0.25) is 5.01 Å². The van der Waals surface area contributed by atoms with E-state index in [-0.39, 0.29) is 17.4 Å². The number of aromatic nitrogens is 2. The largest absolute Gasteiger partial charge is 0.343 e. The van der Waals surface area contributed by atoms with Crippen molar-refractivity contribution in [3.8, 4) is 0 Å². The van der Waals surface area contributed by atoms with Crippen LogP contribution < -0.4 is 5.32 Å². The topological polar surface area (TPSA) is 54.9 Å². The summed E-state index contributed by atoms with van der Waals surface area (Å²) in [4.78, 5) is 17.5. The first kappa shape index (κ1) is 14.1. The van der Waals surface area contributed by atoms with Crippen molar-refractivity contribution in [3.05, 3.63) is 33.2 Å². The maximum atomic E-state index is 12.1. The highest BCUT2D eigenvalue weighted by atomic mass is 32.1. The molecule has 0 bridgehead atoms. The predicted molar refractivity (Wildman–Crippen MR) is 78.8 cm³/mol. The van der Waals surface area contributed by atoms with E-state index in [1.807, 2.05) is 45.2 Å². The standard InChI is InChI=1S/C13H17N3OS2/c1-8(9-6-5-7-18-9)14-10(17)11-15-12(16-19-11)13(2,3)4/h5-8H,1-4H3,(H,14,17). The van der Waals surface area contributed by atoms with E-state index in [0.717, 1.165) is 16.4 Å². The molecule has 0 radical (unpaired) electrons. The van der Waals surface area contributed by atoms with E-state index in [9.17, 15) is 4.79 Å². The van der Waals surface area contributed by atoms with Crippen molar-refractivity contribution in [2.45, 2.75) is 39.2 Å². The van der Waals surface area contributed by atoms with Gasteiger partial charge in [-0.2, -0.15) is 4.37 Å². The van der Waals surface area contributed by atoms with Crippen molar-refractivity contribution in [1.82, 2.24) is 14.7 Å². The fourth-order valence-electron chi connectivity index (χ4n) is 1.49. The number of hydrogen-bond donors (Lipinski definition) is 1. The summed E-state index contributed by atoms with van der Waals surface area (Å²) in [6.07, 6.45) is 0. The molecule has 1 amide bonds. The van der Waals surface area contributed by atoms with Gasteiger partial charge in [0.25, 0.3) is 5.91 Å². The minimum absolute atomic E-state index is 0.00510. The fourth-order valence-corrected chi connectivity index (χ4v) is 2.98. The first-order valence-electron chi connectivity index (χ1n) is 6.06. The van der Waals surface area contributed by atoms with Crippen LogP contribution in [0.3, 0.4) is 0 Å². The second-order valence-electron chi connectivity index (χ2n) is 5.38. The SMILES string of the molecule is CC(NC(=O)c1nc(C(C)(C)C)ns1)c1cccs1. The molecule has 2 heterocycles. The average molecular weight is 295 g/mol. The summed E-state index contributed by atoms with van der Waals surface area (Å²) >= 11 is 2.78. The number of nitrogens with zero attached hydrogens (tertiary/aromatic N) is 2. The van der Waals surface area contributed by atoms with Gasteiger partial charge in [-0.05, 0) is 29.9 Å². The Bertz CT molecular complexity index is 555. The number of amides is 1. The molecule has 0 aliphatic rings. The van der Waals surface area contributed by atoms with Crippen LogP contribution in [0.15, 0.2) is 17.5 Å². The van der Waals surface area contributed by atoms with E-state index < -0.39 is 0 Å². The van der Waals surface area contributed by atoms with Gasteiger partial charge in [-0.25, -0.2) is 4.98 Å². The molecule has 0 fully saturated rings. The Kier molecular flexibility index (Phi) is 4.01. The molecule has 0 aromatic carbocycles. The van der Waals surface area contributed by atoms with Crippen LogP contribution in [0.2, 0.25) is 0 Å². The van der Waals surface area contributed by atoms with Gasteiger partial charge in [-0.1, -0.05) is 26.8 Å². The second-order valence-corrected chi connectivity index (χ2v) is 7.11. The lowest BCUT2D eigenvalue weighted by Gasteiger charge is -2.12. The monoisotopic (exact) mass is 295 g/mol. The molecule has 2 rings (SSSR count). The van der Waals surface area contributed by atoms with Crippen LogP contribution >= 0.6 is 22.9 Å². The van der Waals surface area contributed by atoms with Gasteiger partial charge in [0, 0.05) is 10.3 Å². The molecular formula is C13H17N3OS2. The minimum atomic E-state index is -0.158. The van der Waals surface area contributed by atoms with Crippen LogP contribution in [0, 0.1) is 0 Å². The van der Waals surface area contributed by atoms with Crippen LogP contribution in [0.5, 0.6) is 0 Å². The summed E-state index contributed by atoms with van der Waals surface area (Å²) in [5.74, 6) is 0.556. The number of carbonyl (C=O) groups is 1. The van der Waals surface area contributed by atoms with Gasteiger partial charge in [-0.3, -0.25) is 4.79 Å². The minimum Gasteiger partial charge on any atom is -0.343 e. The maximum absolute atomic E-state index is 12.1. The Hall–Kier alpha value is -1.27. The van der Waals surface area contributed by atoms with Gasteiger partial charge in [0.15, 0.2) is 0 Å². The van der Waals surface area contributed by atoms with Gasteiger partial charge in [-0.15, -0.1) is 11.3 Å². The van der Waals surface area contributed by atoms with E-state index >= 15 is 0 Å². The lowest BCUT2D eigenvalue weighted by atomic mass is 9.96. The van der Waals surface area contributed by atoms with E-state index in [4.69, 9.17) is 0 Å². The van der Waals surface area contributed by atoms with Gasteiger partial charge in [0.05, 0.1) is 6.04 Å². The lowest BCUT2D eigenvalue weighted by molar-refractivity contribution is 0.0940. The predicted octanol–water partition coefficient (Wildman–Crippen LogP) is 3.39. The lowest BCUT2D eigenvalue weighted by Crippen LogP contribution is -2.26. The molecule has 1 unspecified atom stereocenters. The number of hydrogen-bond acceptors (Lipinski definition) is 5. The first-order chi connectivity index (χ1) is 8.88. The molecule has 2 aromatic rings. The highest BCUT2D eigenvalue weighted by Gasteiger charge is 2.22. The molecule has 0 saturated heterocycles. The van der Waals surface area contributed by atoms with Crippen LogP contribution in [-0.4, -0.2) is 15.3 Å². The Morgan fingerprint density at radius 2 is 2.16 bits per heavy atom. The summed E-state index contributed by atoms with van der Waals surface area (Å²) in [6, 6.07) is 3.98. The summed E-state index contributed by atoms with van der Waals surface area (Å²) in [6.45, 7) is 8.07. The molecule has 102 valence electrons. The zero-order chi connectivity index (χ0) is 14.0. The van der Waals surface area contributed by atoms with E-state index in [1.54, 1.807) is 11.3 Å². The number of rotatable bonds is 3. The summed E-state index contributed by atoms with van der Waals surface area (Å²) < 4.78 is 4.25. The third-order valence-corrected chi connectivity index (χ3v) is 4.38. The van der Waals surface area contributed by atoms with Gasteiger partial charge >= 0.3 is 0 Å². The molecule has 6 heteroatoms. The molecule has 0 aliphatic carbocycles. The van der Waals surface area contributed by atoms with Crippen molar-refractivity contribution < 1.29 is 4.79 Å². The van der Waals surface area contributed by atoms with Gasteiger partial charge < -0.3 is 5.32 Å². The maximum Gasteiger partial charge on any atom is 0.282 e. The molecule has 0 aliphatic heterocycles. The molecule has 0 spiro atoms. The smallest absolute Gasteiger partial charge is 0.282 e. The second kappa shape index (κ2) is 5.38. The summed E-state index contributed by atoms with van der Waals surface area (Å²) in [5.41, 5.74) is -0.131. The summed E-state index contributed by atoms with van der Waals surface area (Å²) in [7, 11) is 0. The molecule has 0 saturated carbocycles.